The molecule has 1 saturated heterocycles. The Morgan fingerprint density at radius 2 is 1.91 bits per heavy atom. The highest BCUT2D eigenvalue weighted by Crippen LogP contribution is 2.33. The van der Waals surface area contributed by atoms with Crippen LogP contribution in [0.15, 0.2) is 72.8 Å². The number of hydrogen-bond acceptors (Lipinski definition) is 4. The molecule has 2 heterocycles. The van der Waals surface area contributed by atoms with E-state index in [1.165, 1.54) is 0 Å². The maximum absolute atomic E-state index is 12.9. The van der Waals surface area contributed by atoms with E-state index in [9.17, 15) is 9.90 Å². The van der Waals surface area contributed by atoms with Crippen molar-refractivity contribution in [1.29, 1.82) is 0 Å². The van der Waals surface area contributed by atoms with Crippen LogP contribution in [-0.4, -0.2) is 39.8 Å². The van der Waals surface area contributed by atoms with E-state index < -0.39 is 6.10 Å². The van der Waals surface area contributed by atoms with Crippen LogP contribution in [0, 0.1) is 6.92 Å². The van der Waals surface area contributed by atoms with E-state index in [2.05, 4.69) is 0 Å². The van der Waals surface area contributed by atoms with Crippen LogP contribution in [0.5, 0.6) is 5.75 Å². The van der Waals surface area contributed by atoms with E-state index >= 15 is 0 Å². The number of nitrogens with zero attached hydrogens (tertiary/aromatic N) is 3. The highest BCUT2D eigenvalue weighted by molar-refractivity contribution is 6.30. The molecule has 0 spiro atoms. The van der Waals surface area contributed by atoms with Gasteiger partial charge in [-0.25, -0.2) is 4.98 Å². The van der Waals surface area contributed by atoms with Gasteiger partial charge in [0.25, 0.3) is 0 Å². The molecular weight excluding hydrogens is 450 g/mol. The minimum atomic E-state index is -0.735. The van der Waals surface area contributed by atoms with Crippen LogP contribution in [-0.2, 0) is 11.3 Å². The van der Waals surface area contributed by atoms with Gasteiger partial charge in [-0.15, -0.1) is 0 Å². The topological polar surface area (TPSA) is 67.6 Å². The van der Waals surface area contributed by atoms with E-state index in [1.807, 2.05) is 72.2 Å². The fourth-order valence-electron chi connectivity index (χ4n) is 4.51. The fraction of sp³-hybridized carbons (Fsp3) is 0.259. The lowest BCUT2D eigenvalue weighted by Crippen LogP contribution is -2.26. The third kappa shape index (κ3) is 4.65. The number of aliphatic hydroxyl groups excluding tert-OH is 1. The molecule has 5 rings (SSSR count). The Labute approximate surface area is 203 Å². The molecule has 174 valence electrons. The van der Waals surface area contributed by atoms with Gasteiger partial charge in [-0.05, 0) is 61.0 Å². The van der Waals surface area contributed by atoms with Crippen LogP contribution < -0.4 is 9.64 Å². The largest absolute Gasteiger partial charge is 0.491 e. The van der Waals surface area contributed by atoms with Crippen molar-refractivity contribution in [2.24, 2.45) is 0 Å². The number of imidazole rings is 1. The molecule has 0 radical (unpaired) electrons. The van der Waals surface area contributed by atoms with Gasteiger partial charge in [0.2, 0.25) is 5.91 Å². The Kier molecular flexibility index (Phi) is 6.26. The normalized spacial score (nSPS) is 16.9. The summed E-state index contributed by atoms with van der Waals surface area (Å²) in [6.45, 7) is 3.02. The molecule has 0 saturated carbocycles. The quantitative estimate of drug-likeness (QED) is 0.410. The van der Waals surface area contributed by atoms with Crippen molar-refractivity contribution in [1.82, 2.24) is 9.55 Å². The molecule has 1 N–H and O–H groups in total. The Morgan fingerprint density at radius 3 is 2.71 bits per heavy atom. The summed E-state index contributed by atoms with van der Waals surface area (Å²) in [6.07, 6.45) is -0.372. The zero-order valence-corrected chi connectivity index (χ0v) is 19.7. The number of anilines is 1. The van der Waals surface area contributed by atoms with Gasteiger partial charge in [-0.2, -0.15) is 0 Å². The highest BCUT2D eigenvalue weighted by Gasteiger charge is 2.35. The molecule has 1 fully saturated rings. The van der Waals surface area contributed by atoms with Crippen molar-refractivity contribution in [2.75, 3.05) is 18.1 Å². The number of fused-ring (bicyclic) bond motifs is 1. The van der Waals surface area contributed by atoms with Gasteiger partial charge in [0, 0.05) is 29.6 Å². The minimum absolute atomic E-state index is 0.0502. The van der Waals surface area contributed by atoms with Gasteiger partial charge in [0.1, 0.15) is 24.3 Å². The van der Waals surface area contributed by atoms with Crippen LogP contribution in [0.25, 0.3) is 11.0 Å². The SMILES string of the molecule is Cc1cccc(OCC(O)Cn2c(C3CC(=O)N(c4ccc(Cl)cc4)C3)nc3ccccc32)c1. The number of carbonyl (C=O) groups is 1. The standard InChI is InChI=1S/C27H26ClN3O3/c1-18-5-4-6-23(13-18)34-17-22(32)16-31-25-8-3-2-7-24(25)29-27(31)19-14-26(33)30(15-19)21-11-9-20(28)10-12-21/h2-13,19,22,32H,14-17H2,1H3. The summed E-state index contributed by atoms with van der Waals surface area (Å²) < 4.78 is 7.85. The molecule has 1 aromatic heterocycles. The average Bonchev–Trinajstić information content (AvgIpc) is 3.39. The molecule has 1 aliphatic rings. The lowest BCUT2D eigenvalue weighted by atomic mass is 10.1. The first-order valence-electron chi connectivity index (χ1n) is 11.4. The molecule has 3 aromatic carbocycles. The average molecular weight is 476 g/mol. The van der Waals surface area contributed by atoms with Crippen molar-refractivity contribution in [2.45, 2.75) is 31.9 Å². The Balaban J connectivity index is 1.38. The summed E-state index contributed by atoms with van der Waals surface area (Å²) in [7, 11) is 0. The van der Waals surface area contributed by atoms with Gasteiger partial charge in [0.15, 0.2) is 0 Å². The van der Waals surface area contributed by atoms with Gasteiger partial charge in [-0.1, -0.05) is 35.9 Å². The van der Waals surface area contributed by atoms with Gasteiger partial charge in [-0.3, -0.25) is 4.79 Å². The number of para-hydroxylation sites is 2. The third-order valence-corrected chi connectivity index (χ3v) is 6.39. The van der Waals surface area contributed by atoms with Crippen molar-refractivity contribution in [3.05, 3.63) is 89.2 Å². The second-order valence-electron chi connectivity index (χ2n) is 8.73. The lowest BCUT2D eigenvalue weighted by molar-refractivity contribution is -0.117. The molecule has 4 aromatic rings. The van der Waals surface area contributed by atoms with E-state index in [1.54, 1.807) is 17.0 Å². The number of amides is 1. The van der Waals surface area contributed by atoms with Gasteiger partial charge in [0.05, 0.1) is 17.6 Å². The number of hydrogen-bond donors (Lipinski definition) is 1. The molecule has 34 heavy (non-hydrogen) atoms. The maximum Gasteiger partial charge on any atom is 0.227 e. The number of aryl methyl sites for hydroxylation is 1. The van der Waals surface area contributed by atoms with Crippen LogP contribution in [0.1, 0.15) is 23.7 Å². The number of benzene rings is 3. The second-order valence-corrected chi connectivity index (χ2v) is 9.17. The summed E-state index contributed by atoms with van der Waals surface area (Å²) in [5.74, 6) is 1.50. The molecule has 0 bridgehead atoms. The molecule has 2 unspecified atom stereocenters. The van der Waals surface area contributed by atoms with E-state index in [-0.39, 0.29) is 18.4 Å². The number of rotatable bonds is 7. The third-order valence-electron chi connectivity index (χ3n) is 6.14. The van der Waals surface area contributed by atoms with Crippen LogP contribution in [0.4, 0.5) is 5.69 Å². The first-order valence-corrected chi connectivity index (χ1v) is 11.7. The second kappa shape index (κ2) is 9.49. The van der Waals surface area contributed by atoms with Crippen LogP contribution in [0.3, 0.4) is 0 Å². The number of ether oxygens (including phenoxy) is 1. The Bertz CT molecular complexity index is 1320. The van der Waals surface area contributed by atoms with Crippen molar-refractivity contribution >= 4 is 34.2 Å². The number of halogens is 1. The number of aliphatic hydroxyl groups is 1. The molecule has 1 aliphatic heterocycles. The zero-order chi connectivity index (χ0) is 23.7. The highest BCUT2D eigenvalue weighted by atomic mass is 35.5. The van der Waals surface area contributed by atoms with Crippen molar-refractivity contribution in [3.8, 4) is 5.75 Å². The van der Waals surface area contributed by atoms with E-state index in [0.29, 0.717) is 24.5 Å². The molecule has 1 amide bonds. The van der Waals surface area contributed by atoms with Crippen LogP contribution >= 0.6 is 11.6 Å². The smallest absolute Gasteiger partial charge is 0.227 e. The molecule has 6 nitrogen and oxygen atoms in total. The predicted octanol–water partition coefficient (Wildman–Crippen LogP) is 4.96. The van der Waals surface area contributed by atoms with Crippen LogP contribution in [0.2, 0.25) is 5.02 Å². The summed E-state index contributed by atoms with van der Waals surface area (Å²) >= 11 is 6.02. The fourth-order valence-corrected chi connectivity index (χ4v) is 4.64. The summed E-state index contributed by atoms with van der Waals surface area (Å²) in [5, 5.41) is 11.5. The summed E-state index contributed by atoms with van der Waals surface area (Å²) in [5.41, 5.74) is 3.71. The molecular formula is C27H26ClN3O3. The van der Waals surface area contributed by atoms with E-state index in [0.717, 1.165) is 33.9 Å². The molecule has 7 heteroatoms. The molecule has 0 aliphatic carbocycles. The van der Waals surface area contributed by atoms with Crippen molar-refractivity contribution in [3.63, 3.8) is 0 Å². The van der Waals surface area contributed by atoms with E-state index in [4.69, 9.17) is 21.3 Å². The number of aromatic nitrogens is 2. The minimum Gasteiger partial charge on any atom is -0.491 e. The van der Waals surface area contributed by atoms with Crippen molar-refractivity contribution < 1.29 is 14.6 Å². The van der Waals surface area contributed by atoms with Gasteiger partial charge < -0.3 is 19.3 Å². The van der Waals surface area contributed by atoms with Gasteiger partial charge >= 0.3 is 0 Å². The Morgan fingerprint density at radius 1 is 1.12 bits per heavy atom. The summed E-state index contributed by atoms with van der Waals surface area (Å²) in [6, 6.07) is 22.9. The first-order chi connectivity index (χ1) is 16.5. The first kappa shape index (κ1) is 22.4. The number of carbonyl (C=O) groups excluding carboxylic acids is 1. The predicted molar refractivity (Wildman–Crippen MR) is 134 cm³/mol. The molecule has 2 atom stereocenters. The lowest BCUT2D eigenvalue weighted by Gasteiger charge is -2.19. The maximum atomic E-state index is 12.9. The zero-order valence-electron chi connectivity index (χ0n) is 18.9. The Hall–Kier alpha value is -3.35. The monoisotopic (exact) mass is 475 g/mol. The summed E-state index contributed by atoms with van der Waals surface area (Å²) in [4.78, 5) is 19.5.